The van der Waals surface area contributed by atoms with Gasteiger partial charge in [-0.05, 0) is 18.9 Å². The molecule has 5 heteroatoms. The van der Waals surface area contributed by atoms with Crippen molar-refractivity contribution in [1.82, 2.24) is 15.0 Å². The van der Waals surface area contributed by atoms with Gasteiger partial charge in [-0.3, -0.25) is 0 Å². The lowest BCUT2D eigenvalue weighted by Crippen LogP contribution is -2.38. The third kappa shape index (κ3) is 1.74. The summed E-state index contributed by atoms with van der Waals surface area (Å²) in [5.74, 6) is 0.893. The smallest absolute Gasteiger partial charge is 0.156 e. The topological polar surface area (TPSA) is 65.0 Å². The Morgan fingerprint density at radius 2 is 2.15 bits per heavy atom. The summed E-state index contributed by atoms with van der Waals surface area (Å²) in [7, 11) is 0. The summed E-state index contributed by atoms with van der Waals surface area (Å²) in [6.45, 7) is 1.57. The number of fused-ring (bicyclic) bond motifs is 3. The average Bonchev–Trinajstić information content (AvgIpc) is 2.86. The summed E-state index contributed by atoms with van der Waals surface area (Å²) < 4.78 is 0. The molecule has 3 aromatic rings. The molecule has 0 spiro atoms. The molecular formula is C15H16N4O. The Bertz CT molecular complexity index is 767. The first-order chi connectivity index (χ1) is 9.83. The monoisotopic (exact) mass is 268 g/mol. The predicted octanol–water partition coefficient (Wildman–Crippen LogP) is 2.07. The summed E-state index contributed by atoms with van der Waals surface area (Å²) in [5, 5.41) is 11.0. The highest BCUT2D eigenvalue weighted by molar-refractivity contribution is 6.08. The fourth-order valence-electron chi connectivity index (χ4n) is 3.02. The minimum absolute atomic E-state index is 0.266. The number of aliphatic hydroxyl groups is 1. The molecule has 1 fully saturated rings. The normalized spacial score (nSPS) is 19.9. The number of nitrogens with zero attached hydrogens (tertiary/aromatic N) is 3. The highest BCUT2D eigenvalue weighted by Gasteiger charge is 2.22. The molecule has 1 aliphatic rings. The van der Waals surface area contributed by atoms with E-state index in [0.29, 0.717) is 6.54 Å². The van der Waals surface area contributed by atoms with Crippen LogP contribution < -0.4 is 4.90 Å². The molecule has 2 aromatic heterocycles. The Kier molecular flexibility index (Phi) is 2.60. The van der Waals surface area contributed by atoms with Crippen LogP contribution in [-0.4, -0.2) is 39.3 Å². The Morgan fingerprint density at radius 3 is 3.05 bits per heavy atom. The molecule has 0 bridgehead atoms. The number of piperidine rings is 1. The summed E-state index contributed by atoms with van der Waals surface area (Å²) in [4.78, 5) is 14.4. The molecule has 0 radical (unpaired) electrons. The van der Waals surface area contributed by atoms with Crippen LogP contribution in [0.15, 0.2) is 30.6 Å². The third-order valence-corrected chi connectivity index (χ3v) is 3.97. The molecule has 5 nitrogen and oxygen atoms in total. The van der Waals surface area contributed by atoms with E-state index < -0.39 is 0 Å². The number of rotatable bonds is 1. The zero-order valence-corrected chi connectivity index (χ0v) is 11.1. The highest BCUT2D eigenvalue weighted by atomic mass is 16.3. The summed E-state index contributed by atoms with van der Waals surface area (Å²) in [6, 6.07) is 8.14. The van der Waals surface area contributed by atoms with Gasteiger partial charge in [-0.15, -0.1) is 0 Å². The maximum absolute atomic E-state index is 9.86. The zero-order valence-electron chi connectivity index (χ0n) is 11.1. The van der Waals surface area contributed by atoms with Crippen molar-refractivity contribution in [3.63, 3.8) is 0 Å². The van der Waals surface area contributed by atoms with Gasteiger partial charge in [0.25, 0.3) is 0 Å². The number of para-hydroxylation sites is 1. The van der Waals surface area contributed by atoms with Crippen molar-refractivity contribution in [2.24, 2.45) is 0 Å². The number of benzene rings is 1. The van der Waals surface area contributed by atoms with Crippen molar-refractivity contribution in [2.75, 3.05) is 18.0 Å². The highest BCUT2D eigenvalue weighted by Crippen LogP contribution is 2.30. The van der Waals surface area contributed by atoms with Crippen LogP contribution in [0.4, 0.5) is 5.82 Å². The lowest BCUT2D eigenvalue weighted by molar-refractivity contribution is 0.154. The second-order valence-corrected chi connectivity index (χ2v) is 5.33. The molecule has 1 aliphatic heterocycles. The first-order valence-corrected chi connectivity index (χ1v) is 6.97. The first-order valence-electron chi connectivity index (χ1n) is 6.97. The number of nitrogens with one attached hydrogen (secondary N) is 1. The molecule has 1 saturated heterocycles. The van der Waals surface area contributed by atoms with Crippen LogP contribution in [0.5, 0.6) is 0 Å². The van der Waals surface area contributed by atoms with E-state index in [9.17, 15) is 5.11 Å². The van der Waals surface area contributed by atoms with Crippen LogP contribution >= 0.6 is 0 Å². The van der Waals surface area contributed by atoms with Crippen molar-refractivity contribution in [3.8, 4) is 0 Å². The van der Waals surface area contributed by atoms with Crippen LogP contribution in [0.3, 0.4) is 0 Å². The van der Waals surface area contributed by atoms with Gasteiger partial charge in [-0.25, -0.2) is 9.97 Å². The molecule has 4 rings (SSSR count). The number of aliphatic hydroxyl groups excluding tert-OH is 1. The van der Waals surface area contributed by atoms with Crippen LogP contribution in [0, 0.1) is 0 Å². The lowest BCUT2D eigenvalue weighted by atomic mass is 10.1. The van der Waals surface area contributed by atoms with Crippen LogP contribution in [-0.2, 0) is 0 Å². The van der Waals surface area contributed by atoms with Gasteiger partial charge in [0.2, 0.25) is 0 Å². The summed E-state index contributed by atoms with van der Waals surface area (Å²) in [6.07, 6.45) is 3.21. The number of anilines is 1. The maximum atomic E-state index is 9.86. The minimum Gasteiger partial charge on any atom is -0.391 e. The molecule has 1 atom stereocenters. The fraction of sp³-hybridized carbons (Fsp3) is 0.333. The molecular weight excluding hydrogens is 252 g/mol. The average molecular weight is 268 g/mol. The van der Waals surface area contributed by atoms with Gasteiger partial charge < -0.3 is 15.0 Å². The Morgan fingerprint density at radius 1 is 1.25 bits per heavy atom. The number of β-amino-alcohol motifs (C(OH)–C–C–N with tert-alkyl or cyclic N) is 1. The number of hydrogen-bond donors (Lipinski definition) is 2. The van der Waals surface area contributed by atoms with Gasteiger partial charge in [0.15, 0.2) is 5.82 Å². The summed E-state index contributed by atoms with van der Waals surface area (Å²) >= 11 is 0. The van der Waals surface area contributed by atoms with E-state index in [-0.39, 0.29) is 6.10 Å². The van der Waals surface area contributed by atoms with E-state index in [2.05, 4.69) is 25.9 Å². The molecule has 0 amide bonds. The lowest BCUT2D eigenvalue weighted by Gasteiger charge is -2.31. The van der Waals surface area contributed by atoms with Gasteiger partial charge in [0.1, 0.15) is 17.4 Å². The Labute approximate surface area is 116 Å². The predicted molar refractivity (Wildman–Crippen MR) is 78.8 cm³/mol. The van der Waals surface area contributed by atoms with E-state index in [1.54, 1.807) is 6.33 Å². The Balaban J connectivity index is 1.91. The van der Waals surface area contributed by atoms with E-state index in [4.69, 9.17) is 0 Å². The second-order valence-electron chi connectivity index (χ2n) is 5.33. The van der Waals surface area contributed by atoms with Crippen LogP contribution in [0.25, 0.3) is 21.9 Å². The van der Waals surface area contributed by atoms with E-state index in [1.165, 1.54) is 0 Å². The second kappa shape index (κ2) is 4.45. The fourth-order valence-corrected chi connectivity index (χ4v) is 3.02. The molecule has 20 heavy (non-hydrogen) atoms. The molecule has 1 aromatic carbocycles. The maximum Gasteiger partial charge on any atom is 0.156 e. The molecule has 0 aliphatic carbocycles. The molecule has 1 unspecified atom stereocenters. The molecule has 2 N–H and O–H groups in total. The SMILES string of the molecule is OC1CCCN(c2ncnc3c2[nH]c2ccccc23)C1. The van der Waals surface area contributed by atoms with Gasteiger partial charge in [-0.2, -0.15) is 0 Å². The minimum atomic E-state index is -0.266. The quantitative estimate of drug-likeness (QED) is 0.709. The third-order valence-electron chi connectivity index (χ3n) is 3.97. The number of H-pyrrole nitrogens is 1. The zero-order chi connectivity index (χ0) is 13.5. The van der Waals surface area contributed by atoms with Crippen molar-refractivity contribution < 1.29 is 5.11 Å². The largest absolute Gasteiger partial charge is 0.391 e. The number of aromatic nitrogens is 3. The van der Waals surface area contributed by atoms with Crippen molar-refractivity contribution >= 4 is 27.8 Å². The number of hydrogen-bond acceptors (Lipinski definition) is 4. The van der Waals surface area contributed by atoms with E-state index in [1.807, 2.05) is 18.2 Å². The van der Waals surface area contributed by atoms with E-state index in [0.717, 1.165) is 47.1 Å². The van der Waals surface area contributed by atoms with Gasteiger partial charge in [0, 0.05) is 24.0 Å². The van der Waals surface area contributed by atoms with Gasteiger partial charge >= 0.3 is 0 Å². The number of aromatic amines is 1. The molecule has 102 valence electrons. The van der Waals surface area contributed by atoms with Crippen LogP contribution in [0.1, 0.15) is 12.8 Å². The standard InChI is InChI=1S/C15H16N4O/c20-10-4-3-7-19(8-10)15-14-13(16-9-17-15)11-5-1-2-6-12(11)18-14/h1-2,5-6,9-10,18,20H,3-4,7-8H2. The van der Waals surface area contributed by atoms with Crippen molar-refractivity contribution in [2.45, 2.75) is 18.9 Å². The van der Waals surface area contributed by atoms with Gasteiger partial charge in [0.05, 0.1) is 6.10 Å². The first kappa shape index (κ1) is 11.7. The molecule has 3 heterocycles. The molecule has 0 saturated carbocycles. The van der Waals surface area contributed by atoms with Gasteiger partial charge in [-0.1, -0.05) is 18.2 Å². The Hall–Kier alpha value is -2.14. The van der Waals surface area contributed by atoms with Crippen molar-refractivity contribution in [1.29, 1.82) is 0 Å². The van der Waals surface area contributed by atoms with Crippen molar-refractivity contribution in [3.05, 3.63) is 30.6 Å². The van der Waals surface area contributed by atoms with E-state index >= 15 is 0 Å². The van der Waals surface area contributed by atoms with Crippen LogP contribution in [0.2, 0.25) is 0 Å². The summed E-state index contributed by atoms with van der Waals surface area (Å²) in [5.41, 5.74) is 2.98.